The minimum absolute atomic E-state index is 0.288. The number of carbonyl (C=O) groups is 1. The lowest BCUT2D eigenvalue weighted by atomic mass is 9.89. The largest absolute Gasteiger partial charge is 0.343 e. The summed E-state index contributed by atoms with van der Waals surface area (Å²) < 4.78 is 0. The topological polar surface area (TPSA) is 32.3 Å². The van der Waals surface area contributed by atoms with Crippen LogP contribution >= 0.6 is 0 Å². The van der Waals surface area contributed by atoms with E-state index in [2.05, 4.69) is 35.6 Å². The molecule has 1 heterocycles. The molecule has 2 rings (SSSR count). The Morgan fingerprint density at radius 3 is 2.56 bits per heavy atom. The van der Waals surface area contributed by atoms with Gasteiger partial charge in [-0.3, -0.25) is 4.79 Å². The van der Waals surface area contributed by atoms with Crippen molar-refractivity contribution in [3.05, 3.63) is 35.9 Å². The molecule has 0 atom stereocenters. The van der Waals surface area contributed by atoms with Gasteiger partial charge in [-0.2, -0.15) is 0 Å². The molecule has 0 spiro atoms. The summed E-state index contributed by atoms with van der Waals surface area (Å²) in [5.41, 5.74) is 1.42. The van der Waals surface area contributed by atoms with Crippen molar-refractivity contribution in [2.24, 2.45) is 0 Å². The number of piperidine rings is 1. The molecule has 0 saturated carbocycles. The van der Waals surface area contributed by atoms with Gasteiger partial charge in [-0.05, 0) is 31.4 Å². The highest BCUT2D eigenvalue weighted by Crippen LogP contribution is 2.27. The minimum atomic E-state index is 0.288. The molecule has 1 saturated heterocycles. The Morgan fingerprint density at radius 2 is 1.94 bits per heavy atom. The van der Waals surface area contributed by atoms with Crippen molar-refractivity contribution in [2.45, 2.75) is 25.2 Å². The lowest BCUT2D eigenvalue weighted by Gasteiger charge is -2.32. The molecule has 1 N–H and O–H groups in total. The van der Waals surface area contributed by atoms with Crippen LogP contribution in [0.3, 0.4) is 0 Å². The predicted molar refractivity (Wildman–Crippen MR) is 73.5 cm³/mol. The Bertz CT molecular complexity index is 369. The van der Waals surface area contributed by atoms with E-state index in [0.717, 1.165) is 32.5 Å². The summed E-state index contributed by atoms with van der Waals surface area (Å²) in [6, 6.07) is 10.6. The molecule has 1 aliphatic rings. The van der Waals surface area contributed by atoms with E-state index in [0.29, 0.717) is 12.3 Å². The quantitative estimate of drug-likeness (QED) is 0.881. The zero-order valence-corrected chi connectivity index (χ0v) is 11.1. The molecule has 1 aliphatic heterocycles. The molecular weight excluding hydrogens is 224 g/mol. The first-order valence-corrected chi connectivity index (χ1v) is 6.78. The summed E-state index contributed by atoms with van der Waals surface area (Å²) in [5, 5.41) is 3.02. The van der Waals surface area contributed by atoms with Crippen LogP contribution in [0.2, 0.25) is 0 Å². The number of hydrogen-bond acceptors (Lipinski definition) is 2. The Morgan fingerprint density at radius 1 is 1.28 bits per heavy atom. The van der Waals surface area contributed by atoms with Crippen molar-refractivity contribution < 1.29 is 4.79 Å². The van der Waals surface area contributed by atoms with Crippen LogP contribution < -0.4 is 5.32 Å². The summed E-state index contributed by atoms with van der Waals surface area (Å²) in [4.78, 5) is 13.9. The van der Waals surface area contributed by atoms with Crippen LogP contribution in [0.15, 0.2) is 30.3 Å². The molecule has 1 aromatic carbocycles. The van der Waals surface area contributed by atoms with E-state index < -0.39 is 0 Å². The van der Waals surface area contributed by atoms with Gasteiger partial charge in [0.2, 0.25) is 5.91 Å². The number of amides is 1. The Hall–Kier alpha value is -1.35. The van der Waals surface area contributed by atoms with Crippen molar-refractivity contribution in [3.8, 4) is 0 Å². The number of likely N-dealkylation sites (tertiary alicyclic amines) is 1. The number of nitrogens with one attached hydrogen (secondary N) is 1. The first-order chi connectivity index (χ1) is 8.81. The number of carbonyl (C=O) groups excluding carboxylic acids is 1. The Balaban J connectivity index is 1.83. The van der Waals surface area contributed by atoms with E-state index in [4.69, 9.17) is 0 Å². The van der Waals surface area contributed by atoms with E-state index in [-0.39, 0.29) is 5.91 Å². The minimum Gasteiger partial charge on any atom is -0.343 e. The summed E-state index contributed by atoms with van der Waals surface area (Å²) in [7, 11) is 1.88. The zero-order valence-electron chi connectivity index (χ0n) is 11.1. The third-order valence-corrected chi connectivity index (χ3v) is 3.71. The average Bonchev–Trinajstić information content (AvgIpc) is 2.46. The first-order valence-electron chi connectivity index (χ1n) is 6.78. The molecule has 3 heteroatoms. The van der Waals surface area contributed by atoms with Crippen LogP contribution in [-0.4, -0.2) is 37.5 Å². The van der Waals surface area contributed by atoms with Gasteiger partial charge >= 0.3 is 0 Å². The van der Waals surface area contributed by atoms with Crippen LogP contribution in [0.4, 0.5) is 0 Å². The second-order valence-electron chi connectivity index (χ2n) is 4.92. The third kappa shape index (κ3) is 3.33. The molecule has 0 bridgehead atoms. The van der Waals surface area contributed by atoms with Crippen LogP contribution in [0, 0.1) is 0 Å². The second kappa shape index (κ2) is 6.55. The maximum absolute atomic E-state index is 11.9. The van der Waals surface area contributed by atoms with Gasteiger partial charge in [-0.1, -0.05) is 30.3 Å². The summed E-state index contributed by atoms with van der Waals surface area (Å²) >= 11 is 0. The van der Waals surface area contributed by atoms with Crippen molar-refractivity contribution in [1.29, 1.82) is 0 Å². The predicted octanol–water partition coefficient (Wildman–Crippen LogP) is 2.00. The summed E-state index contributed by atoms with van der Waals surface area (Å²) in [6.07, 6.45) is 2.80. The van der Waals surface area contributed by atoms with Crippen LogP contribution in [-0.2, 0) is 4.79 Å². The molecule has 3 nitrogen and oxygen atoms in total. The molecule has 0 aromatic heterocycles. The highest BCUT2D eigenvalue weighted by Gasteiger charge is 2.22. The van der Waals surface area contributed by atoms with Gasteiger partial charge in [0, 0.05) is 26.1 Å². The second-order valence-corrected chi connectivity index (χ2v) is 4.92. The average molecular weight is 246 g/mol. The SMILES string of the molecule is CNCCC(=O)N1CCC(c2ccccc2)CC1. The number of nitrogens with zero attached hydrogens (tertiary/aromatic N) is 1. The normalized spacial score (nSPS) is 16.8. The summed E-state index contributed by atoms with van der Waals surface area (Å²) in [5.74, 6) is 0.912. The molecule has 1 fully saturated rings. The number of hydrogen-bond donors (Lipinski definition) is 1. The fourth-order valence-corrected chi connectivity index (χ4v) is 2.58. The highest BCUT2D eigenvalue weighted by atomic mass is 16.2. The van der Waals surface area contributed by atoms with Gasteiger partial charge in [0.25, 0.3) is 0 Å². The molecule has 0 aliphatic carbocycles. The van der Waals surface area contributed by atoms with Gasteiger partial charge in [-0.25, -0.2) is 0 Å². The smallest absolute Gasteiger partial charge is 0.223 e. The fraction of sp³-hybridized carbons (Fsp3) is 0.533. The molecule has 0 radical (unpaired) electrons. The lowest BCUT2D eigenvalue weighted by molar-refractivity contribution is -0.132. The van der Waals surface area contributed by atoms with Crippen LogP contribution in [0.1, 0.15) is 30.7 Å². The maximum atomic E-state index is 11.9. The maximum Gasteiger partial charge on any atom is 0.223 e. The Kier molecular flexibility index (Phi) is 4.76. The van der Waals surface area contributed by atoms with Crippen molar-refractivity contribution in [3.63, 3.8) is 0 Å². The van der Waals surface area contributed by atoms with Crippen molar-refractivity contribution >= 4 is 5.91 Å². The van der Waals surface area contributed by atoms with Gasteiger partial charge in [0.1, 0.15) is 0 Å². The molecule has 1 aromatic rings. The summed E-state index contributed by atoms with van der Waals surface area (Å²) in [6.45, 7) is 2.58. The standard InChI is InChI=1S/C15H22N2O/c1-16-10-7-15(18)17-11-8-14(9-12-17)13-5-3-2-4-6-13/h2-6,14,16H,7-12H2,1H3. The lowest BCUT2D eigenvalue weighted by Crippen LogP contribution is -2.38. The van der Waals surface area contributed by atoms with Crippen molar-refractivity contribution in [1.82, 2.24) is 10.2 Å². The molecule has 98 valence electrons. The zero-order chi connectivity index (χ0) is 12.8. The van der Waals surface area contributed by atoms with E-state index in [1.165, 1.54) is 5.56 Å². The Labute approximate surface area is 109 Å². The van der Waals surface area contributed by atoms with E-state index in [1.807, 2.05) is 11.9 Å². The number of rotatable bonds is 4. The van der Waals surface area contributed by atoms with Gasteiger partial charge < -0.3 is 10.2 Å². The monoisotopic (exact) mass is 246 g/mol. The molecule has 18 heavy (non-hydrogen) atoms. The highest BCUT2D eigenvalue weighted by molar-refractivity contribution is 5.76. The fourth-order valence-electron chi connectivity index (χ4n) is 2.58. The van der Waals surface area contributed by atoms with Gasteiger partial charge in [-0.15, -0.1) is 0 Å². The van der Waals surface area contributed by atoms with E-state index in [1.54, 1.807) is 0 Å². The molecule has 0 unspecified atom stereocenters. The van der Waals surface area contributed by atoms with Crippen LogP contribution in [0.25, 0.3) is 0 Å². The first kappa shape index (κ1) is 13.1. The van der Waals surface area contributed by atoms with E-state index in [9.17, 15) is 4.79 Å². The van der Waals surface area contributed by atoms with Gasteiger partial charge in [0.05, 0.1) is 0 Å². The van der Waals surface area contributed by atoms with Gasteiger partial charge in [0.15, 0.2) is 0 Å². The molecular formula is C15H22N2O. The molecule has 1 amide bonds. The van der Waals surface area contributed by atoms with E-state index >= 15 is 0 Å². The van der Waals surface area contributed by atoms with Crippen molar-refractivity contribution in [2.75, 3.05) is 26.7 Å². The number of benzene rings is 1. The third-order valence-electron chi connectivity index (χ3n) is 3.71. The van der Waals surface area contributed by atoms with Crippen LogP contribution in [0.5, 0.6) is 0 Å².